The third-order valence-corrected chi connectivity index (χ3v) is 6.79. The van der Waals surface area contributed by atoms with Gasteiger partial charge in [0.1, 0.15) is 0 Å². The molecule has 0 saturated heterocycles. The molecule has 0 amide bonds. The van der Waals surface area contributed by atoms with Gasteiger partial charge in [0.15, 0.2) is 0 Å². The molecule has 1 aliphatic rings. The van der Waals surface area contributed by atoms with E-state index in [-0.39, 0.29) is 0 Å². The summed E-state index contributed by atoms with van der Waals surface area (Å²) in [6.07, 6.45) is 7.07. The molecule has 0 saturated carbocycles. The lowest BCUT2D eigenvalue weighted by Gasteiger charge is -2.33. The molecule has 5 rings (SSSR count). The zero-order valence-corrected chi connectivity index (χ0v) is 17.0. The van der Waals surface area contributed by atoms with Crippen LogP contribution in [0.25, 0.3) is 23.1 Å². The van der Waals surface area contributed by atoms with Gasteiger partial charge in [0.05, 0.1) is 11.4 Å². The molecule has 0 fully saturated rings. The van der Waals surface area contributed by atoms with Gasteiger partial charge in [-0.2, -0.15) is 0 Å². The molecular formula is C25H20N2O2S. The van der Waals surface area contributed by atoms with Gasteiger partial charge in [0.2, 0.25) is 0 Å². The fourth-order valence-corrected chi connectivity index (χ4v) is 5.17. The van der Waals surface area contributed by atoms with Crippen molar-refractivity contribution in [2.24, 2.45) is 0 Å². The molecule has 5 heteroatoms. The maximum atomic E-state index is 13.4. The number of sulfonamides is 1. The van der Waals surface area contributed by atoms with Crippen molar-refractivity contribution in [3.63, 3.8) is 0 Å². The van der Waals surface area contributed by atoms with Gasteiger partial charge in [-0.05, 0) is 34.9 Å². The van der Waals surface area contributed by atoms with E-state index in [9.17, 15) is 8.42 Å². The summed E-state index contributed by atoms with van der Waals surface area (Å²) >= 11 is 0. The summed E-state index contributed by atoms with van der Waals surface area (Å²) in [4.78, 5) is 3.28. The fraction of sp³-hybridized carbons (Fsp3) is 0.0400. The van der Waals surface area contributed by atoms with Crippen LogP contribution in [0.3, 0.4) is 0 Å². The molecule has 1 unspecified atom stereocenters. The van der Waals surface area contributed by atoms with Crippen LogP contribution in [0.2, 0.25) is 0 Å². The molecule has 30 heavy (non-hydrogen) atoms. The van der Waals surface area contributed by atoms with Crippen molar-refractivity contribution in [2.75, 3.05) is 0 Å². The summed E-state index contributed by atoms with van der Waals surface area (Å²) in [5.74, 6) is 0. The van der Waals surface area contributed by atoms with E-state index < -0.39 is 16.1 Å². The lowest BCUT2D eigenvalue weighted by atomic mass is 9.92. The Hall–Kier alpha value is -3.57. The van der Waals surface area contributed by atoms with Crippen LogP contribution in [-0.4, -0.2) is 17.7 Å². The topological polar surface area (TPSA) is 53.2 Å². The Morgan fingerprint density at radius 3 is 2.43 bits per heavy atom. The molecule has 1 aromatic heterocycles. The van der Waals surface area contributed by atoms with Gasteiger partial charge >= 0.3 is 0 Å². The third-order valence-electron chi connectivity index (χ3n) is 5.39. The standard InChI is InChI=1S/C25H20N2O2S/c28-30(29,17-15-19-8-2-1-3-9-19)27-16-14-20-10-4-5-11-21(20)25(27)23-18-26-24-13-7-6-12-22(23)24/h1-18,25-26H/b17-15+. The van der Waals surface area contributed by atoms with Gasteiger partial charge in [-0.3, -0.25) is 4.31 Å². The molecule has 1 N–H and O–H groups in total. The summed E-state index contributed by atoms with van der Waals surface area (Å²) < 4.78 is 28.2. The number of aromatic nitrogens is 1. The van der Waals surface area contributed by atoms with Gasteiger partial charge < -0.3 is 4.98 Å². The minimum atomic E-state index is -3.72. The van der Waals surface area contributed by atoms with Crippen LogP contribution in [0.15, 0.2) is 96.7 Å². The van der Waals surface area contributed by atoms with Crippen molar-refractivity contribution < 1.29 is 8.42 Å². The maximum Gasteiger partial charge on any atom is 0.257 e. The lowest BCUT2D eigenvalue weighted by Crippen LogP contribution is -2.31. The largest absolute Gasteiger partial charge is 0.361 e. The molecule has 148 valence electrons. The molecule has 4 nitrogen and oxygen atoms in total. The monoisotopic (exact) mass is 412 g/mol. The predicted molar refractivity (Wildman–Crippen MR) is 122 cm³/mol. The molecule has 1 aliphatic heterocycles. The van der Waals surface area contributed by atoms with Crippen LogP contribution in [0.4, 0.5) is 0 Å². The zero-order valence-electron chi connectivity index (χ0n) is 16.1. The van der Waals surface area contributed by atoms with Crippen LogP contribution in [0.5, 0.6) is 0 Å². The Morgan fingerprint density at radius 2 is 1.57 bits per heavy atom. The third kappa shape index (κ3) is 3.23. The molecule has 0 radical (unpaired) electrons. The molecule has 0 spiro atoms. The summed E-state index contributed by atoms with van der Waals surface area (Å²) in [7, 11) is -3.72. The molecule has 0 bridgehead atoms. The average Bonchev–Trinajstić information content (AvgIpc) is 3.21. The van der Waals surface area contributed by atoms with Gasteiger partial charge in [-0.25, -0.2) is 8.42 Å². The smallest absolute Gasteiger partial charge is 0.257 e. The van der Waals surface area contributed by atoms with Gasteiger partial charge in [-0.15, -0.1) is 0 Å². The fourth-order valence-electron chi connectivity index (χ4n) is 3.94. The lowest BCUT2D eigenvalue weighted by molar-refractivity contribution is 0.456. The van der Waals surface area contributed by atoms with Crippen LogP contribution in [0, 0.1) is 0 Å². The Morgan fingerprint density at radius 1 is 0.833 bits per heavy atom. The second-order valence-corrected chi connectivity index (χ2v) is 8.95. The van der Waals surface area contributed by atoms with E-state index >= 15 is 0 Å². The summed E-state index contributed by atoms with van der Waals surface area (Å²) in [5, 5.41) is 2.29. The number of benzene rings is 3. The first-order valence-electron chi connectivity index (χ1n) is 9.73. The second kappa shape index (κ2) is 7.35. The van der Waals surface area contributed by atoms with Crippen LogP contribution in [-0.2, 0) is 10.0 Å². The van der Waals surface area contributed by atoms with Gasteiger partial charge in [0.25, 0.3) is 10.0 Å². The highest BCUT2D eigenvalue weighted by molar-refractivity contribution is 7.92. The van der Waals surface area contributed by atoms with Crippen LogP contribution in [0.1, 0.15) is 28.3 Å². The first-order valence-corrected chi connectivity index (χ1v) is 11.2. The average molecular weight is 413 g/mol. The first-order chi connectivity index (χ1) is 14.6. The molecule has 3 aromatic carbocycles. The Balaban J connectivity index is 1.64. The number of hydrogen-bond acceptors (Lipinski definition) is 2. The highest BCUT2D eigenvalue weighted by Crippen LogP contribution is 2.40. The van der Waals surface area contributed by atoms with Crippen molar-refractivity contribution in [3.05, 3.63) is 119 Å². The molecule has 0 aliphatic carbocycles. The molecule has 2 heterocycles. The number of hydrogen-bond donors (Lipinski definition) is 1. The number of H-pyrrole nitrogens is 1. The highest BCUT2D eigenvalue weighted by Gasteiger charge is 2.33. The van der Waals surface area contributed by atoms with Crippen molar-refractivity contribution in [2.45, 2.75) is 6.04 Å². The predicted octanol–water partition coefficient (Wildman–Crippen LogP) is 5.54. The molecule has 4 aromatic rings. The van der Waals surface area contributed by atoms with Crippen molar-refractivity contribution in [1.29, 1.82) is 0 Å². The zero-order chi connectivity index (χ0) is 20.6. The minimum absolute atomic E-state index is 0.451. The SMILES string of the molecule is O=S(=O)(/C=C/c1ccccc1)N1C=Cc2ccccc2C1c1c[nH]c2ccccc12. The number of aromatic amines is 1. The maximum absolute atomic E-state index is 13.4. The van der Waals surface area contributed by atoms with E-state index in [4.69, 9.17) is 0 Å². The van der Waals surface area contributed by atoms with Crippen LogP contribution >= 0.6 is 0 Å². The van der Waals surface area contributed by atoms with Crippen LogP contribution < -0.4 is 0 Å². The van der Waals surface area contributed by atoms with Gasteiger partial charge in [0, 0.05) is 28.9 Å². The van der Waals surface area contributed by atoms with E-state index in [1.54, 1.807) is 12.3 Å². The van der Waals surface area contributed by atoms with E-state index in [0.29, 0.717) is 0 Å². The number of nitrogens with one attached hydrogen (secondary N) is 1. The number of fused-ring (bicyclic) bond motifs is 2. The van der Waals surface area contributed by atoms with E-state index in [1.165, 1.54) is 9.71 Å². The van der Waals surface area contributed by atoms with E-state index in [0.717, 1.165) is 33.2 Å². The number of para-hydroxylation sites is 1. The highest BCUT2D eigenvalue weighted by atomic mass is 32.2. The van der Waals surface area contributed by atoms with Crippen molar-refractivity contribution in [1.82, 2.24) is 9.29 Å². The van der Waals surface area contributed by atoms with Crippen molar-refractivity contribution in [3.8, 4) is 0 Å². The van der Waals surface area contributed by atoms with Crippen molar-refractivity contribution >= 4 is 33.1 Å². The second-order valence-electron chi connectivity index (χ2n) is 7.23. The van der Waals surface area contributed by atoms with E-state index in [1.807, 2.05) is 91.1 Å². The summed E-state index contributed by atoms with van der Waals surface area (Å²) in [6, 6.07) is 24.9. The number of rotatable bonds is 4. The quantitative estimate of drug-likeness (QED) is 0.478. The Kier molecular flexibility index (Phi) is 4.52. The Labute approximate surface area is 175 Å². The normalized spacial score (nSPS) is 16.3. The molecule has 1 atom stereocenters. The van der Waals surface area contributed by atoms with Gasteiger partial charge in [-0.1, -0.05) is 72.8 Å². The summed E-state index contributed by atoms with van der Waals surface area (Å²) in [5.41, 5.74) is 4.73. The van der Waals surface area contributed by atoms with E-state index in [2.05, 4.69) is 4.98 Å². The molecular weight excluding hydrogens is 392 g/mol. The minimum Gasteiger partial charge on any atom is -0.361 e. The Bertz CT molecular complexity index is 1370. The first kappa shape index (κ1) is 18.5. The number of nitrogens with zero attached hydrogens (tertiary/aromatic N) is 1. The summed E-state index contributed by atoms with van der Waals surface area (Å²) in [6.45, 7) is 0.